The van der Waals surface area contributed by atoms with Gasteiger partial charge in [-0.15, -0.1) is 0 Å². The minimum atomic E-state index is -4.72. The number of hydrogen-bond acceptors (Lipinski definition) is 6. The Bertz CT molecular complexity index is 2810. The molecule has 0 bridgehead atoms. The third-order valence-corrected chi connectivity index (χ3v) is 12.7. The molecule has 0 radical (unpaired) electrons. The molecule has 2 amide bonds. The maximum atomic E-state index is 13.4. The molecule has 22 heteroatoms. The fraction of sp³-hybridized carbons (Fsp3) is 0.364. The van der Waals surface area contributed by atoms with Gasteiger partial charge < -0.3 is 9.80 Å². The van der Waals surface area contributed by atoms with E-state index in [1.54, 1.807) is 39.8 Å². The van der Waals surface area contributed by atoms with E-state index in [0.29, 0.717) is 35.0 Å². The van der Waals surface area contributed by atoms with Crippen molar-refractivity contribution in [2.75, 3.05) is 22.9 Å². The van der Waals surface area contributed by atoms with Crippen molar-refractivity contribution in [3.8, 4) is 11.4 Å². The van der Waals surface area contributed by atoms with Gasteiger partial charge in [-0.25, -0.2) is 18.1 Å². The number of carbonyl (C=O) groups excluding carboxylic acids is 2. The molecule has 0 saturated carbocycles. The van der Waals surface area contributed by atoms with Crippen molar-refractivity contribution in [3.63, 3.8) is 0 Å². The number of nitrogens with zero attached hydrogens (tertiary/aromatic N) is 10. The lowest BCUT2D eigenvalue weighted by Gasteiger charge is -2.21. The Morgan fingerprint density at radius 1 is 0.727 bits per heavy atom. The summed E-state index contributed by atoms with van der Waals surface area (Å²) >= 11 is 11.7. The number of carbonyl (C=O) groups is 2. The molecule has 12 nitrogen and oxygen atoms in total. The van der Waals surface area contributed by atoms with Crippen LogP contribution in [0.15, 0.2) is 67.0 Å². The van der Waals surface area contributed by atoms with Crippen LogP contribution in [0.1, 0.15) is 99.1 Å². The van der Waals surface area contributed by atoms with E-state index in [2.05, 4.69) is 20.4 Å². The van der Waals surface area contributed by atoms with Crippen LogP contribution in [0.3, 0.4) is 0 Å². The normalized spacial score (nSPS) is 17.5. The number of amides is 2. The van der Waals surface area contributed by atoms with Crippen LogP contribution in [0.5, 0.6) is 0 Å². The van der Waals surface area contributed by atoms with Crippen LogP contribution in [0.4, 0.5) is 46.5 Å². The molecular weight excluding hydrogens is 923 g/mol. The van der Waals surface area contributed by atoms with E-state index in [4.69, 9.17) is 23.2 Å². The largest absolute Gasteiger partial charge is 0.436 e. The summed E-state index contributed by atoms with van der Waals surface area (Å²) in [5.74, 6) is -1.54. The number of rotatable bonds is 9. The zero-order valence-corrected chi connectivity index (χ0v) is 37.7. The second-order valence-corrected chi connectivity index (χ2v) is 16.6. The third kappa shape index (κ3) is 8.83. The standard InChI is InChI=1S/C22H22ClF4N5O.C22H20ClF4N5O/c2*1-4-12(2)19-17(11-28-32(19)15-7-5-14(24)6-8-15)30-10-9-16(21(30)33)31-13(3)18(23)20(29-31)22(25,26)27/h5-8,11-12,16H,4,9-10H2,1-3H3;4-8,11,16H,9-10H2,1-3H3/b;12-4+. The van der Waals surface area contributed by atoms with Crippen molar-refractivity contribution in [1.82, 2.24) is 39.1 Å². The first kappa shape index (κ1) is 47.9. The van der Waals surface area contributed by atoms with Crippen molar-refractivity contribution < 1.29 is 44.7 Å². The number of aromatic nitrogens is 8. The number of alkyl halides is 6. The van der Waals surface area contributed by atoms with E-state index in [9.17, 15) is 44.7 Å². The Balaban J connectivity index is 0.000000196. The topological polar surface area (TPSA) is 112 Å². The summed E-state index contributed by atoms with van der Waals surface area (Å²) in [5, 5.41) is 15.1. The maximum absolute atomic E-state index is 13.4. The lowest BCUT2D eigenvalue weighted by atomic mass is 10.0. The molecule has 6 heterocycles. The average Bonchev–Trinajstić information content (AvgIpc) is 4.14. The predicted molar refractivity (Wildman–Crippen MR) is 231 cm³/mol. The molecule has 3 atom stereocenters. The van der Waals surface area contributed by atoms with Crippen molar-refractivity contribution in [2.24, 2.45) is 0 Å². The number of halogens is 10. The highest BCUT2D eigenvalue weighted by Crippen LogP contribution is 2.42. The zero-order chi connectivity index (χ0) is 48.2. The van der Waals surface area contributed by atoms with E-state index in [1.807, 2.05) is 33.8 Å². The molecule has 0 aliphatic carbocycles. The van der Waals surface area contributed by atoms with Gasteiger partial charge in [-0.2, -0.15) is 46.7 Å². The second kappa shape index (κ2) is 18.3. The average molecular weight is 966 g/mol. The smallest absolute Gasteiger partial charge is 0.307 e. The van der Waals surface area contributed by atoms with Crippen molar-refractivity contribution in [1.29, 1.82) is 0 Å². The van der Waals surface area contributed by atoms with Crippen LogP contribution >= 0.6 is 23.2 Å². The van der Waals surface area contributed by atoms with Gasteiger partial charge >= 0.3 is 12.4 Å². The van der Waals surface area contributed by atoms with Gasteiger partial charge in [-0.1, -0.05) is 43.1 Å². The highest BCUT2D eigenvalue weighted by atomic mass is 35.5. The number of hydrogen-bond donors (Lipinski definition) is 0. The zero-order valence-electron chi connectivity index (χ0n) is 36.2. The SMILES string of the molecule is C/C=C(\C)c1c(N2CCC(n3nc(C(F)(F)F)c(Cl)c3C)C2=O)cnn1-c1ccc(F)cc1.CCC(C)c1c(N2CCC(n3nc(C(F)(F)F)c(Cl)c3C)C2=O)cnn1-c1ccc(F)cc1. The van der Waals surface area contributed by atoms with Gasteiger partial charge in [0.05, 0.1) is 68.0 Å². The Hall–Kier alpha value is -6.02. The molecule has 350 valence electrons. The fourth-order valence-corrected chi connectivity index (χ4v) is 8.51. The molecule has 2 aromatic carbocycles. The van der Waals surface area contributed by atoms with Gasteiger partial charge in [-0.3, -0.25) is 19.0 Å². The number of anilines is 2. The highest BCUT2D eigenvalue weighted by molar-refractivity contribution is 6.32. The van der Waals surface area contributed by atoms with Crippen molar-refractivity contribution in [2.45, 2.75) is 91.2 Å². The summed E-state index contributed by atoms with van der Waals surface area (Å²) in [6.45, 7) is 11.1. The van der Waals surface area contributed by atoms with Crippen LogP contribution in [0.2, 0.25) is 10.0 Å². The first-order valence-corrected chi connectivity index (χ1v) is 21.4. The molecule has 2 fully saturated rings. The third-order valence-electron chi connectivity index (χ3n) is 11.8. The lowest BCUT2D eigenvalue weighted by Crippen LogP contribution is -2.30. The van der Waals surface area contributed by atoms with Gasteiger partial charge in [0, 0.05) is 19.0 Å². The first-order chi connectivity index (χ1) is 31.1. The highest BCUT2D eigenvalue weighted by Gasteiger charge is 2.44. The Labute approximate surface area is 383 Å². The van der Waals surface area contributed by atoms with Gasteiger partial charge in [0.15, 0.2) is 11.4 Å². The lowest BCUT2D eigenvalue weighted by molar-refractivity contribution is -0.142. The monoisotopic (exact) mass is 964 g/mol. The van der Waals surface area contributed by atoms with Gasteiger partial charge in [0.25, 0.3) is 11.8 Å². The van der Waals surface area contributed by atoms with Crippen molar-refractivity contribution >= 4 is 52.0 Å². The molecule has 3 unspecified atom stereocenters. The molecule has 0 N–H and O–H groups in total. The van der Waals surface area contributed by atoms with Crippen LogP contribution in [-0.4, -0.2) is 64.0 Å². The molecule has 2 aliphatic heterocycles. The summed E-state index contributed by atoms with van der Waals surface area (Å²) in [6.07, 6.45) is -3.21. The summed E-state index contributed by atoms with van der Waals surface area (Å²) in [5.41, 5.74) is 2.32. The molecule has 66 heavy (non-hydrogen) atoms. The van der Waals surface area contributed by atoms with Crippen molar-refractivity contribution in [3.05, 3.63) is 123 Å². The molecule has 8 rings (SSSR count). The van der Waals surface area contributed by atoms with E-state index >= 15 is 0 Å². The Kier molecular flexibility index (Phi) is 13.3. The van der Waals surface area contributed by atoms with Crippen LogP contribution < -0.4 is 9.80 Å². The minimum absolute atomic E-state index is 0.0112. The summed E-state index contributed by atoms with van der Waals surface area (Å²) in [7, 11) is 0. The predicted octanol–water partition coefficient (Wildman–Crippen LogP) is 11.3. The Morgan fingerprint density at radius 3 is 1.55 bits per heavy atom. The molecule has 2 aliphatic rings. The van der Waals surface area contributed by atoms with Crippen LogP contribution in [-0.2, 0) is 21.9 Å². The second-order valence-electron chi connectivity index (χ2n) is 15.8. The Morgan fingerprint density at radius 2 is 1.14 bits per heavy atom. The number of benzene rings is 2. The van der Waals surface area contributed by atoms with E-state index < -0.39 is 51.8 Å². The van der Waals surface area contributed by atoms with Gasteiger partial charge in [0.2, 0.25) is 0 Å². The van der Waals surface area contributed by atoms with E-state index in [-0.39, 0.29) is 54.2 Å². The van der Waals surface area contributed by atoms with Crippen LogP contribution in [0.25, 0.3) is 16.9 Å². The molecule has 6 aromatic rings. The van der Waals surface area contributed by atoms with Gasteiger partial charge in [-0.05, 0) is 101 Å². The molecule has 2 saturated heterocycles. The summed E-state index contributed by atoms with van der Waals surface area (Å²) < 4.78 is 112. The summed E-state index contributed by atoms with van der Waals surface area (Å²) in [4.78, 5) is 29.7. The minimum Gasteiger partial charge on any atom is -0.307 e. The van der Waals surface area contributed by atoms with Gasteiger partial charge in [0.1, 0.15) is 23.7 Å². The number of allylic oxidation sites excluding steroid dienone is 2. The molecule has 0 spiro atoms. The molecular formula is C44H42Cl2F8N10O2. The summed E-state index contributed by atoms with van der Waals surface area (Å²) in [6, 6.07) is 9.79. The van der Waals surface area contributed by atoms with Crippen LogP contribution in [0, 0.1) is 25.5 Å². The van der Waals surface area contributed by atoms with E-state index in [1.165, 1.54) is 54.1 Å². The fourth-order valence-electron chi connectivity index (χ4n) is 8.05. The van der Waals surface area contributed by atoms with E-state index in [0.717, 1.165) is 27.1 Å². The molecule has 4 aromatic heterocycles. The maximum Gasteiger partial charge on any atom is 0.436 e. The quantitative estimate of drug-likeness (QED) is 0.133. The first-order valence-electron chi connectivity index (χ1n) is 20.7.